The monoisotopic (exact) mass is 266 g/mol. The van der Waals surface area contributed by atoms with Crippen LogP contribution in [0.15, 0.2) is 54.9 Å². The van der Waals surface area contributed by atoms with Crippen molar-refractivity contribution in [2.24, 2.45) is 0 Å². The van der Waals surface area contributed by atoms with E-state index in [1.54, 1.807) is 0 Å². The van der Waals surface area contributed by atoms with Gasteiger partial charge in [0.15, 0.2) is 0 Å². The van der Waals surface area contributed by atoms with Gasteiger partial charge in [0, 0.05) is 23.9 Å². The van der Waals surface area contributed by atoms with Gasteiger partial charge in [0.05, 0.1) is 0 Å². The first kappa shape index (κ1) is 13.3. The molecule has 0 amide bonds. The van der Waals surface area contributed by atoms with E-state index in [-0.39, 0.29) is 5.41 Å². The number of hydrogen-bond donors (Lipinski definition) is 1. The van der Waals surface area contributed by atoms with E-state index in [1.807, 2.05) is 18.5 Å². The van der Waals surface area contributed by atoms with Crippen LogP contribution in [-0.4, -0.2) is 11.5 Å². The normalized spacial score (nSPS) is 18.2. The van der Waals surface area contributed by atoms with Crippen LogP contribution in [0.25, 0.3) is 0 Å². The topological polar surface area (TPSA) is 24.9 Å². The fourth-order valence-corrected chi connectivity index (χ4v) is 3.45. The van der Waals surface area contributed by atoms with E-state index in [1.165, 1.54) is 30.4 Å². The molecule has 1 aliphatic carbocycles. The number of benzene rings is 1. The second-order valence-electron chi connectivity index (χ2n) is 5.65. The Morgan fingerprint density at radius 1 is 1.15 bits per heavy atom. The number of pyridine rings is 1. The summed E-state index contributed by atoms with van der Waals surface area (Å²) in [6, 6.07) is 15.6. The fourth-order valence-electron chi connectivity index (χ4n) is 3.45. The van der Waals surface area contributed by atoms with Crippen molar-refractivity contribution in [3.8, 4) is 0 Å². The van der Waals surface area contributed by atoms with Crippen LogP contribution in [0.1, 0.15) is 43.4 Å². The Morgan fingerprint density at radius 2 is 1.95 bits per heavy atom. The summed E-state index contributed by atoms with van der Waals surface area (Å²) in [5, 5.41) is 3.70. The van der Waals surface area contributed by atoms with Crippen LogP contribution in [0.4, 0.5) is 0 Å². The van der Waals surface area contributed by atoms with Crippen molar-refractivity contribution >= 4 is 0 Å². The quantitative estimate of drug-likeness (QED) is 0.889. The van der Waals surface area contributed by atoms with Gasteiger partial charge in [0.1, 0.15) is 0 Å². The highest BCUT2D eigenvalue weighted by Gasteiger charge is 2.45. The van der Waals surface area contributed by atoms with Gasteiger partial charge in [-0.2, -0.15) is 0 Å². The Balaban J connectivity index is 2.01. The molecule has 2 nitrogen and oxygen atoms in total. The molecule has 1 aromatic heterocycles. The summed E-state index contributed by atoms with van der Waals surface area (Å²) in [5.41, 5.74) is 3.00. The first-order valence-corrected chi connectivity index (χ1v) is 7.55. The fraction of sp³-hybridized carbons (Fsp3) is 0.389. The summed E-state index contributed by atoms with van der Waals surface area (Å²) >= 11 is 0. The summed E-state index contributed by atoms with van der Waals surface area (Å²) in [4.78, 5) is 4.31. The molecule has 2 heteroatoms. The highest BCUT2D eigenvalue weighted by Crippen LogP contribution is 2.51. The standard InChI is InChI=1S/C18H22N2/c1-2-20-17(15-8-6-13-19-14-15)18(11-7-12-18)16-9-4-3-5-10-16/h3-6,8-10,13-14,17,20H,2,7,11-12H2,1H3. The first-order valence-electron chi connectivity index (χ1n) is 7.55. The summed E-state index contributed by atoms with van der Waals surface area (Å²) in [6.45, 7) is 3.16. The van der Waals surface area contributed by atoms with Crippen LogP contribution in [0.3, 0.4) is 0 Å². The Labute approximate surface area is 121 Å². The average molecular weight is 266 g/mol. The van der Waals surface area contributed by atoms with Gasteiger partial charge < -0.3 is 5.32 Å². The Bertz CT molecular complexity index is 532. The van der Waals surface area contributed by atoms with Crippen molar-refractivity contribution in [2.75, 3.05) is 6.54 Å². The molecule has 0 radical (unpaired) electrons. The van der Waals surface area contributed by atoms with Crippen LogP contribution in [0.2, 0.25) is 0 Å². The van der Waals surface area contributed by atoms with Crippen molar-refractivity contribution in [1.82, 2.24) is 10.3 Å². The third-order valence-corrected chi connectivity index (χ3v) is 4.57. The maximum absolute atomic E-state index is 4.31. The number of hydrogen-bond acceptors (Lipinski definition) is 2. The Morgan fingerprint density at radius 3 is 2.50 bits per heavy atom. The molecule has 1 saturated carbocycles. The predicted octanol–water partition coefficient (Wildman–Crippen LogP) is 3.85. The lowest BCUT2D eigenvalue weighted by atomic mass is 9.59. The van der Waals surface area contributed by atoms with Crippen molar-refractivity contribution < 1.29 is 0 Å². The van der Waals surface area contributed by atoms with Crippen LogP contribution < -0.4 is 5.32 Å². The molecule has 0 bridgehead atoms. The molecular weight excluding hydrogens is 244 g/mol. The van der Waals surface area contributed by atoms with E-state index in [0.717, 1.165) is 6.54 Å². The zero-order chi connectivity index (χ0) is 13.8. The SMILES string of the molecule is CCNC(c1cccnc1)C1(c2ccccc2)CCC1. The van der Waals surface area contributed by atoms with E-state index in [4.69, 9.17) is 0 Å². The second-order valence-corrected chi connectivity index (χ2v) is 5.65. The zero-order valence-electron chi connectivity index (χ0n) is 12.0. The van der Waals surface area contributed by atoms with Crippen LogP contribution in [0.5, 0.6) is 0 Å². The summed E-state index contributed by atoms with van der Waals surface area (Å²) in [7, 11) is 0. The van der Waals surface area contributed by atoms with Gasteiger partial charge in [-0.1, -0.05) is 49.7 Å². The molecule has 1 atom stereocenters. The van der Waals surface area contributed by atoms with Crippen LogP contribution in [0, 0.1) is 0 Å². The summed E-state index contributed by atoms with van der Waals surface area (Å²) < 4.78 is 0. The van der Waals surface area contributed by atoms with Gasteiger partial charge in [-0.3, -0.25) is 4.98 Å². The molecule has 1 aromatic carbocycles. The van der Waals surface area contributed by atoms with E-state index in [0.29, 0.717) is 6.04 Å². The van der Waals surface area contributed by atoms with Crippen molar-refractivity contribution in [3.63, 3.8) is 0 Å². The second kappa shape index (κ2) is 5.76. The number of nitrogens with one attached hydrogen (secondary N) is 1. The number of rotatable bonds is 5. The van der Waals surface area contributed by atoms with Gasteiger partial charge >= 0.3 is 0 Å². The maximum atomic E-state index is 4.31. The smallest absolute Gasteiger partial charge is 0.0433 e. The summed E-state index contributed by atoms with van der Waals surface area (Å²) in [5.74, 6) is 0. The lowest BCUT2D eigenvalue weighted by molar-refractivity contribution is 0.170. The first-order chi connectivity index (χ1) is 9.87. The number of nitrogens with zero attached hydrogens (tertiary/aromatic N) is 1. The third-order valence-electron chi connectivity index (χ3n) is 4.57. The average Bonchev–Trinajstić information content (AvgIpc) is 2.47. The maximum Gasteiger partial charge on any atom is 0.0433 e. The Kier molecular flexibility index (Phi) is 3.83. The molecule has 0 spiro atoms. The molecule has 3 rings (SSSR count). The molecule has 104 valence electrons. The highest BCUT2D eigenvalue weighted by atomic mass is 14.9. The van der Waals surface area contributed by atoms with Crippen molar-refractivity contribution in [2.45, 2.75) is 37.6 Å². The van der Waals surface area contributed by atoms with E-state index in [2.05, 4.69) is 53.6 Å². The molecular formula is C18H22N2. The Hall–Kier alpha value is -1.67. The molecule has 0 aliphatic heterocycles. The molecule has 1 unspecified atom stereocenters. The lowest BCUT2D eigenvalue weighted by Crippen LogP contribution is -2.46. The summed E-state index contributed by atoms with van der Waals surface area (Å²) in [6.07, 6.45) is 7.68. The van der Waals surface area contributed by atoms with Crippen LogP contribution in [-0.2, 0) is 5.41 Å². The molecule has 20 heavy (non-hydrogen) atoms. The third kappa shape index (κ3) is 2.25. The molecule has 2 aromatic rings. The molecule has 1 N–H and O–H groups in total. The van der Waals surface area contributed by atoms with Gasteiger partial charge in [0.25, 0.3) is 0 Å². The van der Waals surface area contributed by atoms with Crippen molar-refractivity contribution in [3.05, 3.63) is 66.0 Å². The molecule has 1 fully saturated rings. The highest BCUT2D eigenvalue weighted by molar-refractivity contribution is 5.34. The minimum absolute atomic E-state index is 0.236. The minimum atomic E-state index is 0.236. The number of likely N-dealkylation sites (N-methyl/N-ethyl adjacent to an activating group) is 1. The molecule has 1 heterocycles. The van der Waals surface area contributed by atoms with Gasteiger partial charge in [0.2, 0.25) is 0 Å². The van der Waals surface area contributed by atoms with Gasteiger partial charge in [-0.05, 0) is 36.6 Å². The van der Waals surface area contributed by atoms with Crippen LogP contribution >= 0.6 is 0 Å². The minimum Gasteiger partial charge on any atom is -0.309 e. The van der Waals surface area contributed by atoms with E-state index < -0.39 is 0 Å². The van der Waals surface area contributed by atoms with E-state index in [9.17, 15) is 0 Å². The van der Waals surface area contributed by atoms with E-state index >= 15 is 0 Å². The van der Waals surface area contributed by atoms with Crippen molar-refractivity contribution in [1.29, 1.82) is 0 Å². The largest absolute Gasteiger partial charge is 0.309 e. The van der Waals surface area contributed by atoms with Gasteiger partial charge in [-0.15, -0.1) is 0 Å². The molecule has 0 saturated heterocycles. The zero-order valence-corrected chi connectivity index (χ0v) is 12.0. The predicted molar refractivity (Wildman–Crippen MR) is 82.6 cm³/mol. The van der Waals surface area contributed by atoms with Gasteiger partial charge in [-0.25, -0.2) is 0 Å². The number of aromatic nitrogens is 1. The lowest BCUT2D eigenvalue weighted by Gasteiger charge is -2.49. The molecule has 1 aliphatic rings.